The summed E-state index contributed by atoms with van der Waals surface area (Å²) in [7, 11) is 0. The van der Waals surface area contributed by atoms with Crippen molar-refractivity contribution in [2.24, 2.45) is 0 Å². The van der Waals surface area contributed by atoms with Crippen molar-refractivity contribution in [1.82, 2.24) is 10.3 Å². The highest BCUT2D eigenvalue weighted by molar-refractivity contribution is 5.98. The van der Waals surface area contributed by atoms with Crippen molar-refractivity contribution in [2.75, 3.05) is 0 Å². The molecule has 0 aliphatic heterocycles. The Hall–Kier alpha value is -1.81. The van der Waals surface area contributed by atoms with Gasteiger partial charge in [-0.1, -0.05) is 12.1 Å². The Morgan fingerprint density at radius 1 is 1.25 bits per heavy atom. The number of nitrogens with one attached hydrogen (secondary N) is 2. The number of H-pyrrole nitrogens is 1. The van der Waals surface area contributed by atoms with E-state index in [0.29, 0.717) is 5.69 Å². The number of aromatic nitrogens is 1. The second-order valence-corrected chi connectivity index (χ2v) is 5.75. The van der Waals surface area contributed by atoms with Gasteiger partial charge in [0.1, 0.15) is 5.69 Å². The Kier molecular flexibility index (Phi) is 3.49. The molecule has 20 heavy (non-hydrogen) atoms. The average Bonchev–Trinajstić information content (AvgIpc) is 2.84. The van der Waals surface area contributed by atoms with Gasteiger partial charge in [0, 0.05) is 16.9 Å². The number of fused-ring (bicyclic) bond motifs is 1. The van der Waals surface area contributed by atoms with E-state index in [1.54, 1.807) is 0 Å². The van der Waals surface area contributed by atoms with Gasteiger partial charge in [0.05, 0.1) is 6.10 Å². The molecule has 0 radical (unpaired) electrons. The summed E-state index contributed by atoms with van der Waals surface area (Å²) in [6, 6.07) is 8.18. The SMILES string of the molecule is Cc1ccc2cc(C(=O)NC3CCC(O)CC3)[nH]c2c1. The maximum absolute atomic E-state index is 12.2. The van der Waals surface area contributed by atoms with Crippen LogP contribution in [0.15, 0.2) is 24.3 Å². The molecule has 1 aliphatic carbocycles. The molecular formula is C16H20N2O2. The predicted molar refractivity (Wildman–Crippen MR) is 78.8 cm³/mol. The molecule has 1 amide bonds. The lowest BCUT2D eigenvalue weighted by Crippen LogP contribution is -2.38. The predicted octanol–water partition coefficient (Wildman–Crippen LogP) is 2.51. The smallest absolute Gasteiger partial charge is 0.267 e. The monoisotopic (exact) mass is 272 g/mol. The van der Waals surface area contributed by atoms with Gasteiger partial charge in [-0.3, -0.25) is 4.79 Å². The minimum Gasteiger partial charge on any atom is -0.393 e. The van der Waals surface area contributed by atoms with E-state index < -0.39 is 0 Å². The second-order valence-electron chi connectivity index (χ2n) is 5.75. The minimum atomic E-state index is -0.195. The van der Waals surface area contributed by atoms with Gasteiger partial charge < -0.3 is 15.4 Å². The zero-order chi connectivity index (χ0) is 14.1. The zero-order valence-electron chi connectivity index (χ0n) is 11.6. The van der Waals surface area contributed by atoms with Gasteiger partial charge in [0.25, 0.3) is 5.91 Å². The Morgan fingerprint density at radius 2 is 2.00 bits per heavy atom. The van der Waals surface area contributed by atoms with Gasteiger partial charge in [0.15, 0.2) is 0 Å². The molecule has 2 aromatic rings. The number of amides is 1. The topological polar surface area (TPSA) is 65.1 Å². The van der Waals surface area contributed by atoms with Crippen LogP contribution in [0.5, 0.6) is 0 Å². The first-order valence-corrected chi connectivity index (χ1v) is 7.20. The highest BCUT2D eigenvalue weighted by Crippen LogP contribution is 2.20. The lowest BCUT2D eigenvalue weighted by Gasteiger charge is -2.25. The third-order valence-electron chi connectivity index (χ3n) is 4.05. The third kappa shape index (κ3) is 2.70. The molecule has 0 bridgehead atoms. The van der Waals surface area contributed by atoms with Crippen LogP contribution in [0.1, 0.15) is 41.7 Å². The number of aliphatic hydroxyl groups is 1. The van der Waals surface area contributed by atoms with Crippen LogP contribution >= 0.6 is 0 Å². The van der Waals surface area contributed by atoms with Gasteiger partial charge in [-0.05, 0) is 50.3 Å². The van der Waals surface area contributed by atoms with Crippen LogP contribution in [0.25, 0.3) is 10.9 Å². The van der Waals surface area contributed by atoms with Gasteiger partial charge >= 0.3 is 0 Å². The summed E-state index contributed by atoms with van der Waals surface area (Å²) in [5, 5.41) is 13.6. The fourth-order valence-corrected chi connectivity index (χ4v) is 2.85. The quantitative estimate of drug-likeness (QED) is 0.786. The van der Waals surface area contributed by atoms with Crippen molar-refractivity contribution in [2.45, 2.75) is 44.8 Å². The molecular weight excluding hydrogens is 252 g/mol. The Bertz CT molecular complexity index is 624. The van der Waals surface area contributed by atoms with E-state index in [1.807, 2.05) is 31.2 Å². The summed E-state index contributed by atoms with van der Waals surface area (Å²) < 4.78 is 0. The molecule has 4 nitrogen and oxygen atoms in total. The number of hydrogen-bond acceptors (Lipinski definition) is 2. The summed E-state index contributed by atoms with van der Waals surface area (Å²) >= 11 is 0. The Labute approximate surface area is 118 Å². The van der Waals surface area contributed by atoms with Crippen LogP contribution in [-0.2, 0) is 0 Å². The number of aryl methyl sites for hydroxylation is 1. The largest absolute Gasteiger partial charge is 0.393 e. The fourth-order valence-electron chi connectivity index (χ4n) is 2.85. The molecule has 3 N–H and O–H groups in total. The van der Waals surface area contributed by atoms with Gasteiger partial charge in [-0.15, -0.1) is 0 Å². The summed E-state index contributed by atoms with van der Waals surface area (Å²) in [6.45, 7) is 2.04. The number of hydrogen-bond donors (Lipinski definition) is 3. The summed E-state index contributed by atoms with van der Waals surface area (Å²) in [4.78, 5) is 15.4. The first kappa shape index (κ1) is 13.2. The molecule has 106 valence electrons. The maximum Gasteiger partial charge on any atom is 0.267 e. The molecule has 0 atom stereocenters. The molecule has 1 saturated carbocycles. The van der Waals surface area contributed by atoms with Crippen LogP contribution in [0, 0.1) is 6.92 Å². The minimum absolute atomic E-state index is 0.0553. The number of carbonyl (C=O) groups is 1. The molecule has 4 heteroatoms. The van der Waals surface area contributed by atoms with Crippen LogP contribution in [0.3, 0.4) is 0 Å². The number of aromatic amines is 1. The van der Waals surface area contributed by atoms with E-state index in [4.69, 9.17) is 0 Å². The molecule has 1 aliphatic rings. The molecule has 3 rings (SSSR count). The summed E-state index contributed by atoms with van der Waals surface area (Å²) in [5.74, 6) is -0.0553. The van der Waals surface area contributed by atoms with Crippen molar-refractivity contribution in [3.8, 4) is 0 Å². The average molecular weight is 272 g/mol. The lowest BCUT2D eigenvalue weighted by molar-refractivity contribution is 0.0864. The number of rotatable bonds is 2. The highest BCUT2D eigenvalue weighted by Gasteiger charge is 2.21. The zero-order valence-corrected chi connectivity index (χ0v) is 11.6. The molecule has 0 spiro atoms. The Morgan fingerprint density at radius 3 is 2.75 bits per heavy atom. The van der Waals surface area contributed by atoms with Gasteiger partial charge in [-0.25, -0.2) is 0 Å². The van der Waals surface area contributed by atoms with Crippen LogP contribution < -0.4 is 5.32 Å². The van der Waals surface area contributed by atoms with Crippen molar-refractivity contribution >= 4 is 16.8 Å². The van der Waals surface area contributed by atoms with E-state index in [1.165, 1.54) is 5.56 Å². The normalized spacial score (nSPS) is 22.9. The van der Waals surface area contributed by atoms with Crippen LogP contribution in [0.2, 0.25) is 0 Å². The third-order valence-corrected chi connectivity index (χ3v) is 4.05. The maximum atomic E-state index is 12.2. The molecule has 1 fully saturated rings. The van der Waals surface area contributed by atoms with Crippen molar-refractivity contribution in [3.63, 3.8) is 0 Å². The lowest BCUT2D eigenvalue weighted by atomic mass is 9.93. The van der Waals surface area contributed by atoms with E-state index in [-0.39, 0.29) is 18.1 Å². The van der Waals surface area contributed by atoms with Gasteiger partial charge in [0.2, 0.25) is 0 Å². The number of benzene rings is 1. The van der Waals surface area contributed by atoms with E-state index in [2.05, 4.69) is 10.3 Å². The molecule has 0 unspecified atom stereocenters. The van der Waals surface area contributed by atoms with E-state index in [0.717, 1.165) is 36.6 Å². The highest BCUT2D eigenvalue weighted by atomic mass is 16.3. The molecule has 1 aromatic heterocycles. The summed E-state index contributed by atoms with van der Waals surface area (Å²) in [6.07, 6.45) is 3.06. The summed E-state index contributed by atoms with van der Waals surface area (Å²) in [5.41, 5.74) is 2.78. The second kappa shape index (κ2) is 5.29. The van der Waals surface area contributed by atoms with E-state index in [9.17, 15) is 9.90 Å². The molecule has 1 heterocycles. The number of carbonyl (C=O) groups excluding carboxylic acids is 1. The van der Waals surface area contributed by atoms with E-state index >= 15 is 0 Å². The van der Waals surface area contributed by atoms with Crippen molar-refractivity contribution in [1.29, 1.82) is 0 Å². The Balaban J connectivity index is 1.72. The fraction of sp³-hybridized carbons (Fsp3) is 0.438. The van der Waals surface area contributed by atoms with Crippen molar-refractivity contribution < 1.29 is 9.90 Å². The van der Waals surface area contributed by atoms with Gasteiger partial charge in [-0.2, -0.15) is 0 Å². The van der Waals surface area contributed by atoms with Crippen LogP contribution in [0.4, 0.5) is 0 Å². The molecule has 0 saturated heterocycles. The van der Waals surface area contributed by atoms with Crippen molar-refractivity contribution in [3.05, 3.63) is 35.5 Å². The molecule has 1 aromatic carbocycles. The number of aliphatic hydroxyl groups excluding tert-OH is 1. The standard InChI is InChI=1S/C16H20N2O2/c1-10-2-3-11-9-15(18-14(11)8-10)16(20)17-12-4-6-13(19)7-5-12/h2-3,8-9,12-13,18-19H,4-7H2,1H3,(H,17,20). The first-order valence-electron chi connectivity index (χ1n) is 7.20. The van der Waals surface area contributed by atoms with Crippen LogP contribution in [-0.4, -0.2) is 28.1 Å². The first-order chi connectivity index (χ1) is 9.61.